The zero-order valence-corrected chi connectivity index (χ0v) is 14.0. The molecule has 2 aromatic carbocycles. The summed E-state index contributed by atoms with van der Waals surface area (Å²) in [6.45, 7) is 2.00. The average Bonchev–Trinajstić information content (AvgIpc) is 2.96. The second-order valence-corrected chi connectivity index (χ2v) is 6.79. The number of fused-ring (bicyclic) bond motifs is 1. The number of likely N-dealkylation sites (tertiary alicyclic amines) is 1. The first kappa shape index (κ1) is 15.2. The van der Waals surface area contributed by atoms with E-state index in [1.807, 2.05) is 36.4 Å². The largest absolute Gasteiger partial charge is 0.497 e. The summed E-state index contributed by atoms with van der Waals surface area (Å²) < 4.78 is 11.3. The van der Waals surface area contributed by atoms with Crippen LogP contribution >= 0.6 is 0 Å². The second kappa shape index (κ2) is 5.64. The Balaban J connectivity index is 1.76. The van der Waals surface area contributed by atoms with E-state index >= 15 is 0 Å². The predicted molar refractivity (Wildman–Crippen MR) is 91.9 cm³/mol. The molecule has 1 fully saturated rings. The lowest BCUT2D eigenvalue weighted by Crippen LogP contribution is -2.46. The van der Waals surface area contributed by atoms with Crippen LogP contribution < -0.4 is 9.47 Å². The van der Waals surface area contributed by atoms with E-state index in [2.05, 4.69) is 24.1 Å². The Morgan fingerprint density at radius 3 is 2.67 bits per heavy atom. The number of carbonyl (C=O) groups excluding carboxylic acids is 1. The van der Waals surface area contributed by atoms with E-state index in [1.54, 1.807) is 7.11 Å². The maximum absolute atomic E-state index is 13.4. The van der Waals surface area contributed by atoms with Crippen LogP contribution in [0.1, 0.15) is 21.8 Å². The fourth-order valence-electron chi connectivity index (χ4n) is 4.10. The molecule has 2 aliphatic heterocycles. The molecule has 4 heteroatoms. The molecule has 2 heterocycles. The van der Waals surface area contributed by atoms with Crippen LogP contribution in [0.4, 0.5) is 0 Å². The minimum absolute atomic E-state index is 0.120. The molecule has 0 radical (unpaired) electrons. The van der Waals surface area contributed by atoms with Crippen LogP contribution in [-0.2, 0) is 0 Å². The molecule has 2 aromatic rings. The van der Waals surface area contributed by atoms with Crippen LogP contribution in [0.15, 0.2) is 48.5 Å². The zero-order chi connectivity index (χ0) is 16.7. The summed E-state index contributed by atoms with van der Waals surface area (Å²) in [5.41, 5.74) is 1.35. The number of ether oxygens (including phenoxy) is 2. The highest BCUT2D eigenvalue weighted by Crippen LogP contribution is 2.48. The third-order valence-electron chi connectivity index (χ3n) is 5.30. The number of para-hydroxylation sites is 1. The highest BCUT2D eigenvalue weighted by atomic mass is 16.5. The molecular formula is C20H21NO3. The predicted octanol–water partition coefficient (Wildman–Crippen LogP) is 2.99. The quantitative estimate of drug-likeness (QED) is 0.852. The van der Waals surface area contributed by atoms with Gasteiger partial charge in [0, 0.05) is 19.0 Å². The standard InChI is InChI=1S/C20H21NO3/c1-21-11-17(14-7-9-15(23-2)10-8-14)20(12-21)13-24-18-6-4-3-5-16(18)19(20)22/h3-10,17H,11-13H2,1-2H3/t17-,20+/m1/s1. The monoisotopic (exact) mass is 323 g/mol. The van der Waals surface area contributed by atoms with Crippen LogP contribution in [0.25, 0.3) is 0 Å². The first-order valence-corrected chi connectivity index (χ1v) is 8.23. The van der Waals surface area contributed by atoms with Gasteiger partial charge in [0.15, 0.2) is 5.78 Å². The summed E-state index contributed by atoms with van der Waals surface area (Å²) in [4.78, 5) is 15.6. The molecular weight excluding hydrogens is 302 g/mol. The number of methoxy groups -OCH3 is 1. The smallest absolute Gasteiger partial charge is 0.178 e. The molecule has 0 aromatic heterocycles. The van der Waals surface area contributed by atoms with Gasteiger partial charge in [0.1, 0.15) is 18.1 Å². The molecule has 1 saturated heterocycles. The Morgan fingerprint density at radius 1 is 1.17 bits per heavy atom. The Morgan fingerprint density at radius 2 is 1.92 bits per heavy atom. The lowest BCUT2D eigenvalue weighted by molar-refractivity contribution is 0.0593. The third-order valence-corrected chi connectivity index (χ3v) is 5.30. The molecule has 4 nitrogen and oxygen atoms in total. The van der Waals surface area contributed by atoms with Crippen molar-refractivity contribution >= 4 is 5.78 Å². The van der Waals surface area contributed by atoms with Crippen molar-refractivity contribution < 1.29 is 14.3 Å². The summed E-state index contributed by atoms with van der Waals surface area (Å²) in [5.74, 6) is 1.86. The number of likely N-dealkylation sites (N-methyl/N-ethyl adjacent to an activating group) is 1. The Hall–Kier alpha value is -2.33. The number of hydrogen-bond donors (Lipinski definition) is 0. The summed E-state index contributed by atoms with van der Waals surface area (Å²) >= 11 is 0. The van der Waals surface area contributed by atoms with Gasteiger partial charge in [0.05, 0.1) is 18.1 Å². The van der Waals surface area contributed by atoms with Gasteiger partial charge >= 0.3 is 0 Å². The van der Waals surface area contributed by atoms with Crippen molar-refractivity contribution in [2.24, 2.45) is 5.41 Å². The van der Waals surface area contributed by atoms with Gasteiger partial charge in [-0.2, -0.15) is 0 Å². The molecule has 0 amide bonds. The SMILES string of the molecule is COc1ccc([C@H]2CN(C)C[C@]23COc2ccccc2C3=O)cc1. The first-order chi connectivity index (χ1) is 11.6. The van der Waals surface area contributed by atoms with Crippen LogP contribution in [0, 0.1) is 5.41 Å². The molecule has 1 spiro atoms. The van der Waals surface area contributed by atoms with Gasteiger partial charge in [-0.15, -0.1) is 0 Å². The number of carbonyl (C=O) groups is 1. The van der Waals surface area contributed by atoms with Gasteiger partial charge in [-0.3, -0.25) is 4.79 Å². The lowest BCUT2D eigenvalue weighted by Gasteiger charge is -2.37. The molecule has 0 unspecified atom stereocenters. The number of nitrogens with zero attached hydrogens (tertiary/aromatic N) is 1. The highest BCUT2D eigenvalue weighted by Gasteiger charge is 2.54. The maximum atomic E-state index is 13.4. The summed E-state index contributed by atoms with van der Waals surface area (Å²) in [7, 11) is 3.73. The molecule has 0 aliphatic carbocycles. The van der Waals surface area contributed by atoms with E-state index in [0.29, 0.717) is 17.9 Å². The Bertz CT molecular complexity index is 771. The van der Waals surface area contributed by atoms with E-state index in [-0.39, 0.29) is 11.7 Å². The minimum Gasteiger partial charge on any atom is -0.497 e. The molecule has 24 heavy (non-hydrogen) atoms. The van der Waals surface area contributed by atoms with E-state index in [4.69, 9.17) is 9.47 Å². The molecule has 2 aliphatic rings. The van der Waals surface area contributed by atoms with Crippen molar-refractivity contribution in [3.05, 3.63) is 59.7 Å². The van der Waals surface area contributed by atoms with Crippen molar-refractivity contribution in [1.29, 1.82) is 0 Å². The van der Waals surface area contributed by atoms with Gasteiger partial charge in [0.25, 0.3) is 0 Å². The topological polar surface area (TPSA) is 38.8 Å². The maximum Gasteiger partial charge on any atom is 0.178 e. The minimum atomic E-state index is -0.516. The van der Waals surface area contributed by atoms with E-state index < -0.39 is 5.41 Å². The molecule has 2 atom stereocenters. The van der Waals surface area contributed by atoms with Gasteiger partial charge in [-0.25, -0.2) is 0 Å². The summed E-state index contributed by atoms with van der Waals surface area (Å²) in [5, 5.41) is 0. The van der Waals surface area contributed by atoms with Gasteiger partial charge < -0.3 is 14.4 Å². The van der Waals surface area contributed by atoms with Gasteiger partial charge in [-0.05, 0) is 36.9 Å². The summed E-state index contributed by atoms with van der Waals surface area (Å²) in [6, 6.07) is 15.6. The Kier molecular flexibility index (Phi) is 3.57. The van der Waals surface area contributed by atoms with Crippen LogP contribution in [0.3, 0.4) is 0 Å². The summed E-state index contributed by atoms with van der Waals surface area (Å²) in [6.07, 6.45) is 0. The molecule has 4 rings (SSSR count). The van der Waals surface area contributed by atoms with E-state index in [0.717, 1.165) is 24.4 Å². The first-order valence-electron chi connectivity index (χ1n) is 8.23. The molecule has 0 saturated carbocycles. The number of ketones is 1. The number of benzene rings is 2. The van der Waals surface area contributed by atoms with Crippen LogP contribution in [0.5, 0.6) is 11.5 Å². The zero-order valence-electron chi connectivity index (χ0n) is 14.0. The normalized spacial score (nSPS) is 26.2. The van der Waals surface area contributed by atoms with Crippen molar-refractivity contribution in [2.75, 3.05) is 33.9 Å². The van der Waals surface area contributed by atoms with E-state index in [9.17, 15) is 4.79 Å². The van der Waals surface area contributed by atoms with Crippen LogP contribution in [0.2, 0.25) is 0 Å². The molecule has 0 bridgehead atoms. The fourth-order valence-corrected chi connectivity index (χ4v) is 4.10. The van der Waals surface area contributed by atoms with Gasteiger partial charge in [0.2, 0.25) is 0 Å². The average molecular weight is 323 g/mol. The number of hydrogen-bond acceptors (Lipinski definition) is 4. The molecule has 0 N–H and O–H groups in total. The second-order valence-electron chi connectivity index (χ2n) is 6.79. The van der Waals surface area contributed by atoms with Crippen LogP contribution in [-0.4, -0.2) is 44.5 Å². The van der Waals surface area contributed by atoms with Crippen molar-refractivity contribution in [2.45, 2.75) is 5.92 Å². The van der Waals surface area contributed by atoms with Crippen molar-refractivity contribution in [1.82, 2.24) is 4.90 Å². The number of Topliss-reactive ketones (excluding diaryl/α,β-unsaturated/α-hetero) is 1. The third kappa shape index (κ3) is 2.21. The number of rotatable bonds is 2. The lowest BCUT2D eigenvalue weighted by atomic mass is 9.69. The van der Waals surface area contributed by atoms with Gasteiger partial charge in [-0.1, -0.05) is 24.3 Å². The van der Waals surface area contributed by atoms with Crippen molar-refractivity contribution in [3.8, 4) is 11.5 Å². The van der Waals surface area contributed by atoms with Crippen molar-refractivity contribution in [3.63, 3.8) is 0 Å². The molecule has 124 valence electrons. The highest BCUT2D eigenvalue weighted by molar-refractivity contribution is 6.04. The van der Waals surface area contributed by atoms with E-state index in [1.165, 1.54) is 0 Å². The Labute approximate surface area is 142 Å². The fraction of sp³-hybridized carbons (Fsp3) is 0.350.